The number of hydrogen-bond acceptors (Lipinski definition) is 11. The Morgan fingerprint density at radius 2 is 1.12 bits per heavy atom. The summed E-state index contributed by atoms with van der Waals surface area (Å²) in [5.74, 6) is -5.77. The SMILES string of the molecule is CC.CC(F)(F)c1nnc2ccc(-c3ccc(OC(F)(F)F)cc3C3COC3)nn12.COc1cc(OC(F)(F)F)ccc1-c1ccc2nnc(C(F)(F)OC)n2n1. The fraction of sp³-hybridized carbons (Fsp3) is 0.353. The molecule has 4 aromatic heterocycles. The smallest absolute Gasteiger partial charge is 0.496 e. The third-order valence-corrected chi connectivity index (χ3v) is 7.73. The van der Waals surface area contributed by atoms with E-state index in [1.165, 1.54) is 43.5 Å². The molecule has 0 atom stereocenters. The number of hydrogen-bond donors (Lipinski definition) is 0. The van der Waals surface area contributed by atoms with Crippen molar-refractivity contribution >= 4 is 11.3 Å². The Balaban J connectivity index is 0.000000209. The molecule has 0 aliphatic carbocycles. The van der Waals surface area contributed by atoms with Crippen LogP contribution in [0.5, 0.6) is 17.2 Å². The van der Waals surface area contributed by atoms with Crippen molar-refractivity contribution < 1.29 is 67.6 Å². The summed E-state index contributed by atoms with van der Waals surface area (Å²) in [5, 5.41) is 22.3. The van der Waals surface area contributed by atoms with E-state index in [1.807, 2.05) is 13.8 Å². The molecule has 1 aliphatic heterocycles. The minimum absolute atomic E-state index is 0.00303. The van der Waals surface area contributed by atoms with Gasteiger partial charge in [-0.2, -0.15) is 36.8 Å². The third kappa shape index (κ3) is 9.76. The predicted molar refractivity (Wildman–Crippen MR) is 178 cm³/mol. The monoisotopic (exact) mass is 820 g/mol. The second kappa shape index (κ2) is 16.3. The van der Waals surface area contributed by atoms with E-state index in [0.29, 0.717) is 37.0 Å². The first-order chi connectivity index (χ1) is 26.8. The number of nitrogens with zero attached hydrogens (tertiary/aromatic N) is 8. The Bertz CT molecular complexity index is 2320. The van der Waals surface area contributed by atoms with Crippen LogP contribution in [0, 0.1) is 0 Å². The number of methoxy groups -OCH3 is 2. The highest BCUT2D eigenvalue weighted by Crippen LogP contribution is 2.38. The third-order valence-electron chi connectivity index (χ3n) is 7.73. The summed E-state index contributed by atoms with van der Waals surface area (Å²) < 4.78 is 154. The highest BCUT2D eigenvalue weighted by atomic mass is 19.4. The van der Waals surface area contributed by atoms with Crippen LogP contribution in [0.15, 0.2) is 60.7 Å². The molecule has 1 saturated heterocycles. The van der Waals surface area contributed by atoms with E-state index in [9.17, 15) is 43.9 Å². The van der Waals surface area contributed by atoms with Crippen LogP contribution in [-0.2, 0) is 21.5 Å². The molecule has 1 aliphatic rings. The van der Waals surface area contributed by atoms with Gasteiger partial charge in [0, 0.05) is 37.1 Å². The second-order valence-electron chi connectivity index (χ2n) is 11.6. The lowest BCUT2D eigenvalue weighted by Crippen LogP contribution is -2.26. The number of aromatic nitrogens is 8. The van der Waals surface area contributed by atoms with Gasteiger partial charge in [-0.05, 0) is 60.2 Å². The fourth-order valence-corrected chi connectivity index (χ4v) is 5.22. The van der Waals surface area contributed by atoms with Crippen molar-refractivity contribution in [1.29, 1.82) is 0 Å². The molecule has 1 fully saturated rings. The van der Waals surface area contributed by atoms with Gasteiger partial charge in [-0.25, -0.2) is 0 Å². The first-order valence-corrected chi connectivity index (χ1v) is 16.4. The van der Waals surface area contributed by atoms with Crippen molar-refractivity contribution in [2.24, 2.45) is 0 Å². The van der Waals surface area contributed by atoms with Crippen LogP contribution in [0.25, 0.3) is 33.8 Å². The molecule has 0 bridgehead atoms. The van der Waals surface area contributed by atoms with Crippen molar-refractivity contribution in [3.63, 3.8) is 0 Å². The molecule has 6 aromatic rings. The van der Waals surface area contributed by atoms with Gasteiger partial charge in [-0.15, -0.1) is 46.7 Å². The average molecular weight is 821 g/mol. The molecule has 23 heteroatoms. The molecule has 306 valence electrons. The molecule has 7 rings (SSSR count). The van der Waals surface area contributed by atoms with E-state index in [2.05, 4.69) is 44.8 Å². The largest absolute Gasteiger partial charge is 0.573 e. The van der Waals surface area contributed by atoms with Gasteiger partial charge in [0.25, 0.3) is 5.82 Å². The lowest BCUT2D eigenvalue weighted by Gasteiger charge is -2.28. The summed E-state index contributed by atoms with van der Waals surface area (Å²) >= 11 is 0. The van der Waals surface area contributed by atoms with Gasteiger partial charge in [0.2, 0.25) is 5.82 Å². The average Bonchev–Trinajstić information content (AvgIpc) is 3.75. The van der Waals surface area contributed by atoms with Crippen LogP contribution in [-0.4, -0.2) is 79.8 Å². The molecular weight excluding hydrogens is 790 g/mol. The van der Waals surface area contributed by atoms with Crippen LogP contribution in [0.4, 0.5) is 43.9 Å². The number of benzene rings is 2. The van der Waals surface area contributed by atoms with Crippen molar-refractivity contribution in [3.8, 4) is 39.8 Å². The molecular formula is C34H30F10N8O5. The quantitative estimate of drug-likeness (QED) is 0.130. The fourth-order valence-electron chi connectivity index (χ4n) is 5.22. The molecule has 0 radical (unpaired) electrons. The van der Waals surface area contributed by atoms with Gasteiger partial charge in [0.05, 0.1) is 31.7 Å². The van der Waals surface area contributed by atoms with Gasteiger partial charge in [0.1, 0.15) is 17.2 Å². The maximum absolute atomic E-state index is 13.8. The van der Waals surface area contributed by atoms with Gasteiger partial charge in [0.15, 0.2) is 11.3 Å². The van der Waals surface area contributed by atoms with E-state index in [4.69, 9.17) is 9.47 Å². The van der Waals surface area contributed by atoms with Crippen molar-refractivity contribution in [1.82, 2.24) is 39.6 Å². The molecule has 5 heterocycles. The second-order valence-corrected chi connectivity index (χ2v) is 11.6. The van der Waals surface area contributed by atoms with Crippen LogP contribution in [0.2, 0.25) is 0 Å². The molecule has 0 unspecified atom stereocenters. The lowest BCUT2D eigenvalue weighted by molar-refractivity contribution is -0.275. The van der Waals surface area contributed by atoms with Crippen LogP contribution in [0.3, 0.4) is 0 Å². The number of ether oxygens (including phenoxy) is 5. The Hall–Kier alpha value is -5.84. The maximum Gasteiger partial charge on any atom is 0.573 e. The molecule has 0 amide bonds. The summed E-state index contributed by atoms with van der Waals surface area (Å²) in [7, 11) is 2.03. The Kier molecular flexibility index (Phi) is 12.1. The minimum atomic E-state index is -4.87. The summed E-state index contributed by atoms with van der Waals surface area (Å²) in [6, 6.07) is 13.0. The Morgan fingerprint density at radius 3 is 1.60 bits per heavy atom. The van der Waals surface area contributed by atoms with Gasteiger partial charge in [-0.1, -0.05) is 13.8 Å². The van der Waals surface area contributed by atoms with Gasteiger partial charge in [-0.3, -0.25) is 0 Å². The minimum Gasteiger partial charge on any atom is -0.496 e. The molecule has 2 aromatic carbocycles. The highest BCUT2D eigenvalue weighted by molar-refractivity contribution is 5.69. The van der Waals surface area contributed by atoms with Crippen molar-refractivity contribution in [3.05, 3.63) is 77.9 Å². The molecule has 13 nitrogen and oxygen atoms in total. The van der Waals surface area contributed by atoms with Crippen LogP contribution in [0.1, 0.15) is 43.9 Å². The highest BCUT2D eigenvalue weighted by Gasteiger charge is 2.39. The summed E-state index contributed by atoms with van der Waals surface area (Å²) in [6.07, 6.45) is -13.4. The predicted octanol–water partition coefficient (Wildman–Crippen LogP) is 8.34. The van der Waals surface area contributed by atoms with E-state index < -0.39 is 42.2 Å². The maximum atomic E-state index is 13.8. The summed E-state index contributed by atoms with van der Waals surface area (Å²) in [6.45, 7) is 5.34. The topological polar surface area (TPSA) is 132 Å². The van der Waals surface area contributed by atoms with E-state index in [0.717, 1.165) is 34.3 Å². The van der Waals surface area contributed by atoms with E-state index in [-0.39, 0.29) is 40.0 Å². The first-order valence-electron chi connectivity index (χ1n) is 16.4. The normalized spacial score (nSPS) is 13.7. The van der Waals surface area contributed by atoms with Crippen molar-refractivity contribution in [2.75, 3.05) is 27.4 Å². The zero-order valence-electron chi connectivity index (χ0n) is 30.2. The van der Waals surface area contributed by atoms with Crippen LogP contribution >= 0.6 is 0 Å². The molecule has 0 N–H and O–H groups in total. The summed E-state index contributed by atoms with van der Waals surface area (Å²) in [4.78, 5) is 0. The molecule has 0 spiro atoms. The zero-order chi connectivity index (χ0) is 41.9. The Morgan fingerprint density at radius 1 is 0.632 bits per heavy atom. The lowest BCUT2D eigenvalue weighted by atomic mass is 9.91. The standard InChI is InChI=1S/C17H13F5N4O2.C15H11F5N4O3.C2H6/c1-16(18,19)15-24-23-14-5-4-13(25-26(14)15)11-3-2-10(28-17(20,21)22)6-12(11)9-7-27-8-9;1-25-11-7-8(27-15(18,19)20)3-4-9(11)10-5-6-12-21-22-13(24(12)23-10)14(16,17)26-2;1-2/h2-6,9H,7-8H2,1H3;3-7H,1-2H3;1-2H3. The zero-order valence-corrected chi connectivity index (χ0v) is 30.2. The Labute approximate surface area is 315 Å². The first kappa shape index (κ1) is 42.3. The van der Waals surface area contributed by atoms with Gasteiger partial charge < -0.3 is 23.7 Å². The molecule has 0 saturated carbocycles. The van der Waals surface area contributed by atoms with Crippen LogP contribution < -0.4 is 14.2 Å². The summed E-state index contributed by atoms with van der Waals surface area (Å²) in [5.41, 5.74) is 1.84. The van der Waals surface area contributed by atoms with Crippen molar-refractivity contribution in [2.45, 2.75) is 51.4 Å². The number of fused-ring (bicyclic) bond motifs is 2. The number of rotatable bonds is 9. The van der Waals surface area contributed by atoms with Gasteiger partial charge >= 0.3 is 24.8 Å². The number of alkyl halides is 10. The van der Waals surface area contributed by atoms with E-state index >= 15 is 0 Å². The molecule has 57 heavy (non-hydrogen) atoms. The number of halogens is 10. The van der Waals surface area contributed by atoms with E-state index in [1.54, 1.807) is 6.07 Å².